The molecule has 0 atom stereocenters. The first-order valence-electron chi connectivity index (χ1n) is 5.27. The Bertz CT molecular complexity index is 567. The minimum Gasteiger partial charge on any atom is -0.441 e. The van der Waals surface area contributed by atoms with E-state index in [1.807, 2.05) is 0 Å². The summed E-state index contributed by atoms with van der Waals surface area (Å²) < 4.78 is 5.32. The van der Waals surface area contributed by atoms with E-state index in [0.717, 1.165) is 0 Å². The molecule has 5 nitrogen and oxygen atoms in total. The normalized spacial score (nSPS) is 11.8. The number of aryl methyl sites for hydroxylation is 1. The molecule has 1 amide bonds. The van der Waals surface area contributed by atoms with Crippen molar-refractivity contribution in [3.05, 3.63) is 24.1 Å². The average molecular weight is 234 g/mol. The quantitative estimate of drug-likeness (QED) is 0.831. The van der Waals surface area contributed by atoms with Gasteiger partial charge in [0.1, 0.15) is 11.1 Å². The van der Waals surface area contributed by atoms with Crippen molar-refractivity contribution in [1.82, 2.24) is 4.98 Å². The second kappa shape index (κ2) is 3.85. The molecular weight excluding hydrogens is 220 g/mol. The van der Waals surface area contributed by atoms with Crippen LogP contribution in [0.5, 0.6) is 0 Å². The second-order valence-electron chi connectivity index (χ2n) is 4.43. The van der Waals surface area contributed by atoms with Crippen LogP contribution >= 0.6 is 0 Å². The Labute approximate surface area is 98.5 Å². The number of carbonyl (C=O) groups is 1. The lowest BCUT2D eigenvalue weighted by Crippen LogP contribution is -2.36. The van der Waals surface area contributed by atoms with Gasteiger partial charge < -0.3 is 14.8 Å². The summed E-state index contributed by atoms with van der Waals surface area (Å²) in [6.45, 7) is 4.62. The number of carbonyl (C=O) groups excluding carboxylic acids is 1. The molecule has 1 aromatic heterocycles. The van der Waals surface area contributed by atoms with Gasteiger partial charge in [0.15, 0.2) is 11.5 Å². The minimum atomic E-state index is -1.41. The fourth-order valence-electron chi connectivity index (χ4n) is 1.40. The van der Waals surface area contributed by atoms with Crippen molar-refractivity contribution >= 4 is 22.7 Å². The van der Waals surface area contributed by atoms with E-state index in [2.05, 4.69) is 10.3 Å². The fraction of sp³-hybridized carbons (Fsp3) is 0.333. The first-order chi connectivity index (χ1) is 7.86. The highest BCUT2D eigenvalue weighted by Gasteiger charge is 2.23. The fourth-order valence-corrected chi connectivity index (χ4v) is 1.40. The number of fused-ring (bicyclic) bond motifs is 1. The predicted molar refractivity (Wildman–Crippen MR) is 63.7 cm³/mol. The van der Waals surface area contributed by atoms with Gasteiger partial charge in [-0.25, -0.2) is 4.98 Å². The lowest BCUT2D eigenvalue weighted by atomic mass is 10.1. The number of nitrogens with one attached hydrogen (secondary N) is 1. The van der Waals surface area contributed by atoms with Gasteiger partial charge in [0.05, 0.1) is 0 Å². The molecule has 0 saturated heterocycles. The largest absolute Gasteiger partial charge is 0.441 e. The number of amides is 1. The summed E-state index contributed by atoms with van der Waals surface area (Å²) in [6, 6.07) is 5.14. The Morgan fingerprint density at radius 1 is 1.47 bits per heavy atom. The third-order valence-electron chi connectivity index (χ3n) is 2.31. The van der Waals surface area contributed by atoms with Crippen molar-refractivity contribution < 1.29 is 14.3 Å². The van der Waals surface area contributed by atoms with E-state index in [1.54, 1.807) is 25.1 Å². The standard InChI is InChI=1S/C12H14N2O3/c1-7-13-9-6-8(4-5-10(9)17-7)14-11(15)12(2,3)16/h4-6,16H,1-3H3,(H,14,15). The van der Waals surface area contributed by atoms with Crippen molar-refractivity contribution in [3.8, 4) is 0 Å². The van der Waals surface area contributed by atoms with Gasteiger partial charge >= 0.3 is 0 Å². The zero-order valence-electron chi connectivity index (χ0n) is 9.94. The Morgan fingerprint density at radius 3 is 2.82 bits per heavy atom. The molecule has 0 fully saturated rings. The van der Waals surface area contributed by atoms with Crippen LogP contribution in [0.4, 0.5) is 5.69 Å². The number of hydrogen-bond donors (Lipinski definition) is 2. The Hall–Kier alpha value is -1.88. The number of aliphatic hydroxyl groups is 1. The summed E-state index contributed by atoms with van der Waals surface area (Å²) >= 11 is 0. The van der Waals surface area contributed by atoms with Crippen molar-refractivity contribution in [3.63, 3.8) is 0 Å². The van der Waals surface area contributed by atoms with Gasteiger partial charge in [-0.1, -0.05) is 0 Å². The minimum absolute atomic E-state index is 0.461. The van der Waals surface area contributed by atoms with E-state index in [9.17, 15) is 9.90 Å². The van der Waals surface area contributed by atoms with E-state index in [0.29, 0.717) is 22.7 Å². The Kier molecular flexibility index (Phi) is 2.63. The molecule has 0 unspecified atom stereocenters. The van der Waals surface area contributed by atoms with Crippen LogP contribution in [-0.4, -0.2) is 21.6 Å². The molecule has 1 heterocycles. The van der Waals surface area contributed by atoms with E-state index >= 15 is 0 Å². The van der Waals surface area contributed by atoms with Crippen LogP contribution in [-0.2, 0) is 4.79 Å². The highest BCUT2D eigenvalue weighted by Crippen LogP contribution is 2.20. The van der Waals surface area contributed by atoms with Crippen LogP contribution in [0, 0.1) is 6.92 Å². The van der Waals surface area contributed by atoms with Gasteiger partial charge in [0, 0.05) is 12.6 Å². The Morgan fingerprint density at radius 2 is 2.18 bits per heavy atom. The lowest BCUT2D eigenvalue weighted by Gasteiger charge is -2.16. The van der Waals surface area contributed by atoms with Crippen molar-refractivity contribution in [1.29, 1.82) is 0 Å². The summed E-state index contributed by atoms with van der Waals surface area (Å²) in [5, 5.41) is 12.1. The molecule has 0 aliphatic heterocycles. The molecule has 0 aliphatic carbocycles. The molecule has 2 rings (SSSR count). The van der Waals surface area contributed by atoms with Crippen LogP contribution < -0.4 is 5.32 Å². The Balaban J connectivity index is 2.28. The van der Waals surface area contributed by atoms with Gasteiger partial charge in [0.2, 0.25) is 0 Å². The third-order valence-corrected chi connectivity index (χ3v) is 2.31. The predicted octanol–water partition coefficient (Wildman–Crippen LogP) is 1.85. The number of aromatic nitrogens is 1. The summed E-state index contributed by atoms with van der Waals surface area (Å²) in [5.41, 5.74) is 0.520. The molecule has 2 aromatic rings. The summed E-state index contributed by atoms with van der Waals surface area (Å²) in [6.07, 6.45) is 0. The second-order valence-corrected chi connectivity index (χ2v) is 4.43. The first kappa shape index (κ1) is 11.6. The number of nitrogens with zero attached hydrogens (tertiary/aromatic N) is 1. The molecule has 0 radical (unpaired) electrons. The first-order valence-corrected chi connectivity index (χ1v) is 5.27. The van der Waals surface area contributed by atoms with Crippen LogP contribution in [0.15, 0.2) is 22.6 Å². The maximum Gasteiger partial charge on any atom is 0.255 e. The summed E-state index contributed by atoms with van der Waals surface area (Å²) in [4.78, 5) is 15.7. The van der Waals surface area contributed by atoms with Crippen molar-refractivity contribution in [2.45, 2.75) is 26.4 Å². The van der Waals surface area contributed by atoms with Gasteiger partial charge in [-0.2, -0.15) is 0 Å². The number of oxazole rings is 1. The smallest absolute Gasteiger partial charge is 0.255 e. The SMILES string of the molecule is Cc1nc2cc(NC(=O)C(C)(C)O)ccc2o1. The summed E-state index contributed by atoms with van der Waals surface area (Å²) in [5.74, 6) is 0.114. The molecule has 1 aromatic carbocycles. The zero-order chi connectivity index (χ0) is 12.6. The van der Waals surface area contributed by atoms with Crippen LogP contribution in [0.3, 0.4) is 0 Å². The number of anilines is 1. The van der Waals surface area contributed by atoms with E-state index in [4.69, 9.17) is 4.42 Å². The van der Waals surface area contributed by atoms with Crippen LogP contribution in [0.2, 0.25) is 0 Å². The zero-order valence-corrected chi connectivity index (χ0v) is 9.94. The number of benzene rings is 1. The molecular formula is C12H14N2O3. The van der Waals surface area contributed by atoms with E-state index in [-0.39, 0.29) is 0 Å². The molecule has 90 valence electrons. The van der Waals surface area contributed by atoms with Gasteiger partial charge in [-0.3, -0.25) is 4.79 Å². The van der Waals surface area contributed by atoms with E-state index in [1.165, 1.54) is 13.8 Å². The highest BCUT2D eigenvalue weighted by molar-refractivity contribution is 5.97. The van der Waals surface area contributed by atoms with E-state index < -0.39 is 11.5 Å². The summed E-state index contributed by atoms with van der Waals surface area (Å²) in [7, 11) is 0. The van der Waals surface area contributed by atoms with Crippen molar-refractivity contribution in [2.24, 2.45) is 0 Å². The third kappa shape index (κ3) is 2.45. The molecule has 0 aliphatic rings. The number of hydrogen-bond acceptors (Lipinski definition) is 4. The average Bonchev–Trinajstić information content (AvgIpc) is 2.55. The van der Waals surface area contributed by atoms with Crippen molar-refractivity contribution in [2.75, 3.05) is 5.32 Å². The van der Waals surface area contributed by atoms with Gasteiger partial charge in [0.25, 0.3) is 5.91 Å². The molecule has 17 heavy (non-hydrogen) atoms. The molecule has 0 spiro atoms. The molecule has 5 heteroatoms. The maximum atomic E-state index is 11.6. The molecule has 0 saturated carbocycles. The van der Waals surface area contributed by atoms with Gasteiger partial charge in [-0.15, -0.1) is 0 Å². The monoisotopic (exact) mass is 234 g/mol. The lowest BCUT2D eigenvalue weighted by molar-refractivity contribution is -0.130. The van der Waals surface area contributed by atoms with Gasteiger partial charge in [-0.05, 0) is 32.0 Å². The van der Waals surface area contributed by atoms with Crippen LogP contribution in [0.25, 0.3) is 11.1 Å². The number of rotatable bonds is 2. The molecule has 0 bridgehead atoms. The molecule has 2 N–H and O–H groups in total. The topological polar surface area (TPSA) is 75.4 Å². The highest BCUT2D eigenvalue weighted by atomic mass is 16.3. The maximum absolute atomic E-state index is 11.6. The van der Waals surface area contributed by atoms with Crippen LogP contribution in [0.1, 0.15) is 19.7 Å².